The molecule has 9 aromatic rings. The molecule has 244 valence electrons. The van der Waals surface area contributed by atoms with Crippen molar-refractivity contribution in [3.63, 3.8) is 0 Å². The van der Waals surface area contributed by atoms with Crippen LogP contribution in [-0.4, -0.2) is 15.0 Å². The van der Waals surface area contributed by atoms with Gasteiger partial charge in [-0.3, -0.25) is 0 Å². The molecule has 0 saturated carbocycles. The van der Waals surface area contributed by atoms with Gasteiger partial charge in [-0.05, 0) is 69.2 Å². The number of hydrogen-bond acceptors (Lipinski definition) is 4. The lowest BCUT2D eigenvalue weighted by molar-refractivity contribution is 0.478. The smallest absolute Gasteiger partial charge is 0.155 e. The van der Waals surface area contributed by atoms with E-state index in [0.717, 1.165) is 49.8 Å². The lowest BCUT2D eigenvalue weighted by Crippen LogP contribution is -2.02. The molecule has 51 heavy (non-hydrogen) atoms. The van der Waals surface area contributed by atoms with Gasteiger partial charge in [-0.2, -0.15) is 0 Å². The van der Waals surface area contributed by atoms with Gasteiger partial charge in [-0.25, -0.2) is 0 Å². The van der Waals surface area contributed by atoms with Crippen LogP contribution in [0, 0.1) is 0 Å². The van der Waals surface area contributed by atoms with E-state index in [0.29, 0.717) is 33.6 Å². The van der Waals surface area contributed by atoms with E-state index in [2.05, 4.69) is 109 Å². The van der Waals surface area contributed by atoms with Gasteiger partial charge in [0.25, 0.3) is 0 Å². The zero-order valence-electron chi connectivity index (χ0n) is 27.4. The van der Waals surface area contributed by atoms with Gasteiger partial charge in [-0.1, -0.05) is 150 Å². The second-order valence-corrected chi connectivity index (χ2v) is 14.2. The summed E-state index contributed by atoms with van der Waals surface area (Å²) in [6.45, 7) is 0. The maximum Gasteiger partial charge on any atom is 0.155 e. The molecule has 0 aliphatic heterocycles. The number of benzene rings is 6. The summed E-state index contributed by atoms with van der Waals surface area (Å²) in [6.07, 6.45) is 0. The lowest BCUT2D eigenvalue weighted by Gasteiger charge is -2.15. The summed E-state index contributed by atoms with van der Waals surface area (Å²) >= 11 is 0. The number of fused-ring (bicyclic) bond motifs is 1. The van der Waals surface area contributed by atoms with Crippen LogP contribution in [0.25, 0.3) is 61.2 Å². The molecule has 9 rings (SSSR count). The van der Waals surface area contributed by atoms with Crippen molar-refractivity contribution >= 4 is 27.4 Å². The molecule has 6 aromatic carbocycles. The van der Waals surface area contributed by atoms with Crippen molar-refractivity contribution in [2.75, 3.05) is 0 Å². The fraction of sp³-hybridized carbons (Fsp3) is 0. The second-order valence-electron chi connectivity index (χ2n) is 12.1. The highest BCUT2D eigenvalue weighted by molar-refractivity contribution is 7.33. The highest BCUT2D eigenvalue weighted by atomic mass is 31.0. The highest BCUT2D eigenvalue weighted by Gasteiger charge is 2.21. The van der Waals surface area contributed by atoms with Crippen LogP contribution >= 0.6 is 16.4 Å². The molecule has 3 aromatic heterocycles. The Balaban J connectivity index is 1.16. The minimum atomic E-state index is 0.348. The van der Waals surface area contributed by atoms with Crippen LogP contribution in [0.2, 0.25) is 0 Å². The van der Waals surface area contributed by atoms with Crippen molar-refractivity contribution in [3.05, 3.63) is 175 Å². The molecule has 0 aliphatic carbocycles. The van der Waals surface area contributed by atoms with E-state index in [1.54, 1.807) is 4.80 Å². The maximum atomic E-state index is 6.93. The lowest BCUT2D eigenvalue weighted by atomic mass is 9.99. The molecule has 7 heteroatoms. The van der Waals surface area contributed by atoms with Crippen LogP contribution < -0.4 is 9.47 Å². The monoisotopic (exact) mass is 695 g/mol. The van der Waals surface area contributed by atoms with E-state index >= 15 is 0 Å². The van der Waals surface area contributed by atoms with Crippen LogP contribution in [0.1, 0.15) is 0 Å². The van der Waals surface area contributed by atoms with E-state index in [1.165, 1.54) is 16.7 Å². The molecule has 0 radical (unpaired) electrons. The Morgan fingerprint density at radius 1 is 0.431 bits per heavy atom. The van der Waals surface area contributed by atoms with Crippen molar-refractivity contribution in [1.82, 2.24) is 15.0 Å². The van der Waals surface area contributed by atoms with E-state index in [4.69, 9.17) is 19.7 Å². The minimum absolute atomic E-state index is 0.348. The van der Waals surface area contributed by atoms with Gasteiger partial charge in [0, 0.05) is 17.2 Å². The van der Waals surface area contributed by atoms with E-state index in [9.17, 15) is 0 Å². The van der Waals surface area contributed by atoms with Crippen LogP contribution in [0.3, 0.4) is 0 Å². The van der Waals surface area contributed by atoms with Gasteiger partial charge < -0.3 is 9.47 Å². The molecule has 2 unspecified atom stereocenters. The topological polar surface area (TPSA) is 49.2 Å². The summed E-state index contributed by atoms with van der Waals surface area (Å²) in [5.74, 6) is 5.89. The molecular formula is C44H31N3O2P2. The van der Waals surface area contributed by atoms with Crippen molar-refractivity contribution < 1.29 is 9.47 Å². The Morgan fingerprint density at radius 2 is 0.863 bits per heavy atom. The van der Waals surface area contributed by atoms with E-state index < -0.39 is 0 Å². The van der Waals surface area contributed by atoms with Crippen molar-refractivity contribution in [2.45, 2.75) is 0 Å². The quantitative estimate of drug-likeness (QED) is 0.151. The van der Waals surface area contributed by atoms with Crippen LogP contribution in [0.4, 0.5) is 0 Å². The first-order chi connectivity index (χ1) is 25.3. The second kappa shape index (κ2) is 13.7. The summed E-state index contributed by atoms with van der Waals surface area (Å²) in [6, 6.07) is 55.8. The van der Waals surface area contributed by atoms with Gasteiger partial charge in [0.1, 0.15) is 22.5 Å². The summed E-state index contributed by atoms with van der Waals surface area (Å²) in [7, 11) is 0.719. The summed E-state index contributed by atoms with van der Waals surface area (Å²) in [4.78, 5) is 1.66. The Hall–Kier alpha value is -6.12. The summed E-state index contributed by atoms with van der Waals surface area (Å²) < 4.78 is 13.7. The molecule has 0 bridgehead atoms. The number of aromatic nitrogens is 3. The average Bonchev–Trinajstić information content (AvgIpc) is 3.94. The van der Waals surface area contributed by atoms with Crippen LogP contribution in [-0.2, 0) is 0 Å². The van der Waals surface area contributed by atoms with Gasteiger partial charge in [0.05, 0.1) is 0 Å². The number of rotatable bonds is 9. The number of hydrogen-bond donors (Lipinski definition) is 0. The molecule has 0 N–H and O–H groups in total. The Morgan fingerprint density at radius 3 is 1.35 bits per heavy atom. The Bertz CT molecular complexity index is 2550. The van der Waals surface area contributed by atoms with Gasteiger partial charge in [0.2, 0.25) is 0 Å². The predicted molar refractivity (Wildman–Crippen MR) is 213 cm³/mol. The zero-order valence-corrected chi connectivity index (χ0v) is 29.4. The van der Waals surface area contributed by atoms with Crippen molar-refractivity contribution in [1.29, 1.82) is 0 Å². The SMILES string of the molecule is c1ccc(-c2c[pH]c(Oc3ccc(Oc4[pH]cc(-c5ccccc5)c4-c4ccccc4)c(-n4nc5ccccc5n4)c3)c2-c2ccccc2)cc1. The number of ether oxygens (including phenoxy) is 2. The third-order valence-corrected chi connectivity index (χ3v) is 10.9. The largest absolute Gasteiger partial charge is 0.453 e. The first kappa shape index (κ1) is 30.9. The van der Waals surface area contributed by atoms with Crippen molar-refractivity contribution in [2.24, 2.45) is 0 Å². The molecule has 5 nitrogen and oxygen atoms in total. The van der Waals surface area contributed by atoms with Gasteiger partial charge in [0.15, 0.2) is 16.7 Å². The third kappa shape index (κ3) is 6.15. The molecule has 0 saturated heterocycles. The molecule has 0 aliphatic rings. The normalized spacial score (nSPS) is 11.5. The predicted octanol–water partition coefficient (Wildman–Crippen LogP) is 12.7. The average molecular weight is 696 g/mol. The Labute approximate surface area is 299 Å². The summed E-state index contributed by atoms with van der Waals surface area (Å²) in [5.41, 5.74) is 13.2. The van der Waals surface area contributed by atoms with Crippen LogP contribution in [0.5, 0.6) is 22.5 Å². The van der Waals surface area contributed by atoms with E-state index in [1.807, 2.05) is 66.7 Å². The fourth-order valence-corrected chi connectivity index (χ4v) is 8.81. The zero-order chi connectivity index (χ0) is 34.0. The molecule has 2 atom stereocenters. The first-order valence-electron chi connectivity index (χ1n) is 16.8. The fourth-order valence-electron chi connectivity index (χ4n) is 6.44. The van der Waals surface area contributed by atoms with Gasteiger partial charge in [-0.15, -0.1) is 15.0 Å². The molecular weight excluding hydrogens is 664 g/mol. The van der Waals surface area contributed by atoms with Crippen LogP contribution in [0.15, 0.2) is 175 Å². The number of nitrogens with zero attached hydrogens (tertiary/aromatic N) is 3. The molecule has 0 fully saturated rings. The standard InChI is InChI=1S/C44H31N3O2P2/c1-5-15-30(16-6-1)35-28-50-43(41(35)32-19-9-3-10-20-32)48-34-25-26-40(39(27-34)47-45-37-23-13-14-24-38(37)46-47)49-44-42(33-21-11-4-12-22-33)36(29-51-44)31-17-7-2-8-18-31/h1-29,50-51H. The van der Waals surface area contributed by atoms with Crippen molar-refractivity contribution in [3.8, 4) is 72.7 Å². The van der Waals surface area contributed by atoms with E-state index in [-0.39, 0.29) is 0 Å². The summed E-state index contributed by atoms with van der Waals surface area (Å²) in [5, 5.41) is 9.74. The first-order valence-corrected chi connectivity index (χ1v) is 18.9. The highest BCUT2D eigenvalue weighted by Crippen LogP contribution is 2.51. The molecule has 0 spiro atoms. The minimum Gasteiger partial charge on any atom is -0.453 e. The van der Waals surface area contributed by atoms with Gasteiger partial charge >= 0.3 is 0 Å². The molecule has 0 amide bonds. The third-order valence-electron chi connectivity index (χ3n) is 8.85. The Kier molecular flexibility index (Phi) is 8.27. The maximum absolute atomic E-state index is 6.93. The molecule has 3 heterocycles.